The number of nitrogens with two attached hydrogens (primary N) is 1. The predicted octanol–water partition coefficient (Wildman–Crippen LogP) is 2.16. The first kappa shape index (κ1) is 11.6. The molecule has 1 aliphatic heterocycles. The minimum Gasteiger partial charge on any atom is -0.399 e. The monoisotopic (exact) mass is 256 g/mol. The molecule has 0 radical (unpaired) electrons. The van der Waals surface area contributed by atoms with E-state index >= 15 is 0 Å². The van der Waals surface area contributed by atoms with E-state index in [-0.39, 0.29) is 11.9 Å². The van der Waals surface area contributed by atoms with Gasteiger partial charge in [-0.1, -0.05) is 11.6 Å². The molecule has 2 rings (SSSR count). The molecule has 1 aromatic rings. The summed E-state index contributed by atoms with van der Waals surface area (Å²) in [4.78, 5) is 11.9. The van der Waals surface area contributed by atoms with Crippen LogP contribution in [0.3, 0.4) is 0 Å². The standard InChI is InChI=1S/C11H13ClN2OS/c12-10-2-1-7(13)5-9(10)11(15)14-8-3-4-16-6-8/h1-2,5,8H,3-4,6,13H2,(H,14,15). The molecule has 1 fully saturated rings. The second kappa shape index (κ2) is 4.97. The van der Waals surface area contributed by atoms with Crippen LogP contribution < -0.4 is 11.1 Å². The first-order valence-corrected chi connectivity index (χ1v) is 6.64. The molecular formula is C11H13ClN2OS. The maximum absolute atomic E-state index is 11.9. The average molecular weight is 257 g/mol. The Bertz CT molecular complexity index is 405. The molecule has 1 aromatic carbocycles. The van der Waals surface area contributed by atoms with Gasteiger partial charge in [0.15, 0.2) is 0 Å². The van der Waals surface area contributed by atoms with Crippen LogP contribution in [0.2, 0.25) is 5.02 Å². The van der Waals surface area contributed by atoms with E-state index in [2.05, 4.69) is 5.32 Å². The number of thioether (sulfide) groups is 1. The van der Waals surface area contributed by atoms with Gasteiger partial charge >= 0.3 is 0 Å². The molecule has 1 aliphatic rings. The van der Waals surface area contributed by atoms with E-state index < -0.39 is 0 Å². The highest BCUT2D eigenvalue weighted by Crippen LogP contribution is 2.21. The van der Waals surface area contributed by atoms with Crippen molar-refractivity contribution in [2.45, 2.75) is 12.5 Å². The van der Waals surface area contributed by atoms with Crippen LogP contribution in [0.25, 0.3) is 0 Å². The van der Waals surface area contributed by atoms with Crippen molar-refractivity contribution in [3.63, 3.8) is 0 Å². The smallest absolute Gasteiger partial charge is 0.253 e. The molecule has 1 saturated heterocycles. The lowest BCUT2D eigenvalue weighted by molar-refractivity contribution is 0.0941. The van der Waals surface area contributed by atoms with Crippen molar-refractivity contribution < 1.29 is 4.79 Å². The summed E-state index contributed by atoms with van der Waals surface area (Å²) in [6.07, 6.45) is 1.02. The Morgan fingerprint density at radius 1 is 1.56 bits per heavy atom. The van der Waals surface area contributed by atoms with Gasteiger partial charge < -0.3 is 11.1 Å². The van der Waals surface area contributed by atoms with Gasteiger partial charge in [0, 0.05) is 17.5 Å². The lowest BCUT2D eigenvalue weighted by atomic mass is 10.1. The van der Waals surface area contributed by atoms with Crippen LogP contribution in [0.15, 0.2) is 18.2 Å². The fraction of sp³-hybridized carbons (Fsp3) is 0.364. The van der Waals surface area contributed by atoms with Gasteiger partial charge in [-0.3, -0.25) is 4.79 Å². The third kappa shape index (κ3) is 2.62. The molecule has 1 heterocycles. The van der Waals surface area contributed by atoms with Crippen LogP contribution in [0.1, 0.15) is 16.8 Å². The maximum Gasteiger partial charge on any atom is 0.253 e. The Morgan fingerprint density at radius 2 is 2.38 bits per heavy atom. The number of carbonyl (C=O) groups is 1. The number of nitrogens with one attached hydrogen (secondary N) is 1. The second-order valence-electron chi connectivity index (χ2n) is 3.77. The van der Waals surface area contributed by atoms with Gasteiger partial charge in [0.05, 0.1) is 10.6 Å². The molecule has 86 valence electrons. The molecule has 3 N–H and O–H groups in total. The SMILES string of the molecule is Nc1ccc(Cl)c(C(=O)NC2CCSC2)c1. The summed E-state index contributed by atoms with van der Waals surface area (Å²) in [7, 11) is 0. The minimum absolute atomic E-state index is 0.134. The molecule has 5 heteroatoms. The van der Waals surface area contributed by atoms with Crippen molar-refractivity contribution in [3.05, 3.63) is 28.8 Å². The van der Waals surface area contributed by atoms with E-state index in [1.54, 1.807) is 18.2 Å². The minimum atomic E-state index is -0.134. The van der Waals surface area contributed by atoms with Crippen LogP contribution >= 0.6 is 23.4 Å². The summed E-state index contributed by atoms with van der Waals surface area (Å²) in [5.74, 6) is 1.95. The Morgan fingerprint density at radius 3 is 3.06 bits per heavy atom. The Kier molecular flexibility index (Phi) is 3.61. The van der Waals surface area contributed by atoms with E-state index in [0.29, 0.717) is 16.3 Å². The van der Waals surface area contributed by atoms with Gasteiger partial charge in [0.25, 0.3) is 5.91 Å². The molecular weight excluding hydrogens is 244 g/mol. The van der Waals surface area contributed by atoms with Crippen LogP contribution in [0.4, 0.5) is 5.69 Å². The highest BCUT2D eigenvalue weighted by Gasteiger charge is 2.19. The van der Waals surface area contributed by atoms with Gasteiger partial charge in [-0.05, 0) is 30.4 Å². The molecule has 1 atom stereocenters. The van der Waals surface area contributed by atoms with Gasteiger partial charge in [-0.2, -0.15) is 11.8 Å². The fourth-order valence-electron chi connectivity index (χ4n) is 1.63. The maximum atomic E-state index is 11.9. The van der Waals surface area contributed by atoms with Crippen LogP contribution in [0, 0.1) is 0 Å². The highest BCUT2D eigenvalue weighted by molar-refractivity contribution is 7.99. The van der Waals surface area contributed by atoms with Gasteiger partial charge in [0.2, 0.25) is 0 Å². The number of anilines is 1. The van der Waals surface area contributed by atoms with E-state index in [0.717, 1.165) is 17.9 Å². The fourth-order valence-corrected chi connectivity index (χ4v) is 2.98. The van der Waals surface area contributed by atoms with E-state index in [9.17, 15) is 4.79 Å². The van der Waals surface area contributed by atoms with E-state index in [1.807, 2.05) is 11.8 Å². The second-order valence-corrected chi connectivity index (χ2v) is 5.33. The Hall–Kier alpha value is -0.870. The molecule has 0 aromatic heterocycles. The molecule has 16 heavy (non-hydrogen) atoms. The normalized spacial score (nSPS) is 19.7. The zero-order valence-corrected chi connectivity index (χ0v) is 10.3. The zero-order chi connectivity index (χ0) is 11.5. The first-order chi connectivity index (χ1) is 7.66. The summed E-state index contributed by atoms with van der Waals surface area (Å²) in [5.41, 5.74) is 6.64. The van der Waals surface area contributed by atoms with Crippen molar-refractivity contribution in [1.82, 2.24) is 5.32 Å². The summed E-state index contributed by atoms with van der Waals surface area (Å²) < 4.78 is 0. The third-order valence-electron chi connectivity index (χ3n) is 2.50. The number of hydrogen-bond donors (Lipinski definition) is 2. The Labute approximate surface area is 104 Å². The van der Waals surface area contributed by atoms with Gasteiger partial charge in [0.1, 0.15) is 0 Å². The Balaban J connectivity index is 2.10. The van der Waals surface area contributed by atoms with Crippen LogP contribution in [0.5, 0.6) is 0 Å². The van der Waals surface area contributed by atoms with Crippen molar-refractivity contribution in [3.8, 4) is 0 Å². The molecule has 3 nitrogen and oxygen atoms in total. The largest absolute Gasteiger partial charge is 0.399 e. The first-order valence-electron chi connectivity index (χ1n) is 5.10. The molecule has 0 bridgehead atoms. The van der Waals surface area contributed by atoms with E-state index in [1.165, 1.54) is 0 Å². The zero-order valence-electron chi connectivity index (χ0n) is 8.70. The number of amides is 1. The van der Waals surface area contributed by atoms with Crippen LogP contribution in [-0.4, -0.2) is 23.5 Å². The number of benzene rings is 1. The van der Waals surface area contributed by atoms with Crippen molar-refractivity contribution in [2.75, 3.05) is 17.2 Å². The quantitative estimate of drug-likeness (QED) is 0.798. The molecule has 1 amide bonds. The summed E-state index contributed by atoms with van der Waals surface area (Å²) in [5, 5.41) is 3.41. The predicted molar refractivity (Wildman–Crippen MR) is 69.1 cm³/mol. The molecule has 0 aliphatic carbocycles. The van der Waals surface area contributed by atoms with Gasteiger partial charge in [-0.25, -0.2) is 0 Å². The summed E-state index contributed by atoms with van der Waals surface area (Å²) in [6, 6.07) is 5.20. The third-order valence-corrected chi connectivity index (χ3v) is 3.99. The lowest BCUT2D eigenvalue weighted by Crippen LogP contribution is -2.34. The van der Waals surface area contributed by atoms with Gasteiger partial charge in [-0.15, -0.1) is 0 Å². The number of rotatable bonds is 2. The number of nitrogen functional groups attached to an aromatic ring is 1. The molecule has 1 unspecified atom stereocenters. The van der Waals surface area contributed by atoms with Crippen LogP contribution in [-0.2, 0) is 0 Å². The number of carbonyl (C=O) groups excluding carboxylic acids is 1. The highest BCUT2D eigenvalue weighted by atomic mass is 35.5. The van der Waals surface area contributed by atoms with Crippen molar-refractivity contribution in [1.29, 1.82) is 0 Å². The lowest BCUT2D eigenvalue weighted by Gasteiger charge is -2.12. The topological polar surface area (TPSA) is 55.1 Å². The van der Waals surface area contributed by atoms with E-state index in [4.69, 9.17) is 17.3 Å². The molecule has 0 spiro atoms. The number of halogens is 1. The number of hydrogen-bond acceptors (Lipinski definition) is 3. The molecule has 0 saturated carbocycles. The average Bonchev–Trinajstić information content (AvgIpc) is 2.74. The van der Waals surface area contributed by atoms with Crippen molar-refractivity contribution in [2.24, 2.45) is 0 Å². The summed E-state index contributed by atoms with van der Waals surface area (Å²) in [6.45, 7) is 0. The van der Waals surface area contributed by atoms with Crippen molar-refractivity contribution >= 4 is 35.0 Å². The summed E-state index contributed by atoms with van der Waals surface area (Å²) >= 11 is 7.81.